The van der Waals surface area contributed by atoms with Crippen LogP contribution in [0.4, 0.5) is 0 Å². The van der Waals surface area contributed by atoms with Gasteiger partial charge in [-0.3, -0.25) is 0 Å². The second-order valence-electron chi connectivity index (χ2n) is 4.43. The van der Waals surface area contributed by atoms with E-state index in [0.29, 0.717) is 31.0 Å². The summed E-state index contributed by atoms with van der Waals surface area (Å²) in [6.07, 6.45) is 0.698. The maximum absolute atomic E-state index is 12.4. The molecule has 0 amide bonds. The number of hydrogen-bond donors (Lipinski definition) is 1. The summed E-state index contributed by atoms with van der Waals surface area (Å²) < 4.78 is 36.5. The fourth-order valence-electron chi connectivity index (χ4n) is 2.16. The SMILES string of the molecule is N[C@@H]1CCN(S(=O)(=O)c2ccc3c(c2)OCO3)C1. The number of sulfonamides is 1. The van der Waals surface area contributed by atoms with Gasteiger partial charge in [0.1, 0.15) is 0 Å². The Bertz CT molecular complexity index is 572. The van der Waals surface area contributed by atoms with E-state index in [2.05, 4.69) is 0 Å². The van der Waals surface area contributed by atoms with Crippen molar-refractivity contribution in [2.24, 2.45) is 5.73 Å². The maximum atomic E-state index is 12.4. The highest BCUT2D eigenvalue weighted by atomic mass is 32.2. The van der Waals surface area contributed by atoms with Crippen molar-refractivity contribution >= 4 is 10.0 Å². The predicted molar refractivity (Wildman–Crippen MR) is 63.9 cm³/mol. The Morgan fingerprint density at radius 3 is 2.78 bits per heavy atom. The standard InChI is InChI=1S/C11H14N2O4S/c12-8-3-4-13(6-8)18(14,15)9-1-2-10-11(5-9)17-7-16-10/h1-2,5,8H,3-4,6-7,12H2/t8-/m1/s1. The summed E-state index contributed by atoms with van der Waals surface area (Å²) in [5.41, 5.74) is 5.74. The van der Waals surface area contributed by atoms with Crippen molar-refractivity contribution in [2.45, 2.75) is 17.4 Å². The molecule has 0 aromatic heterocycles. The molecule has 1 atom stereocenters. The molecule has 1 fully saturated rings. The number of hydrogen-bond acceptors (Lipinski definition) is 5. The zero-order valence-corrected chi connectivity index (χ0v) is 10.5. The quantitative estimate of drug-likeness (QED) is 0.826. The third-order valence-corrected chi connectivity index (χ3v) is 5.03. The molecule has 1 saturated heterocycles. The van der Waals surface area contributed by atoms with Gasteiger partial charge in [0.25, 0.3) is 0 Å². The van der Waals surface area contributed by atoms with Gasteiger partial charge in [0.2, 0.25) is 16.8 Å². The van der Waals surface area contributed by atoms with Crippen LogP contribution in [0.15, 0.2) is 23.1 Å². The number of ether oxygens (including phenoxy) is 2. The molecule has 0 bridgehead atoms. The number of nitrogens with zero attached hydrogens (tertiary/aromatic N) is 1. The van der Waals surface area contributed by atoms with Crippen LogP contribution in [-0.4, -0.2) is 38.6 Å². The van der Waals surface area contributed by atoms with E-state index in [1.165, 1.54) is 16.4 Å². The number of benzene rings is 1. The lowest BCUT2D eigenvalue weighted by molar-refractivity contribution is 0.174. The van der Waals surface area contributed by atoms with E-state index in [-0.39, 0.29) is 17.7 Å². The topological polar surface area (TPSA) is 81.9 Å². The van der Waals surface area contributed by atoms with E-state index < -0.39 is 10.0 Å². The van der Waals surface area contributed by atoms with E-state index in [4.69, 9.17) is 15.2 Å². The molecule has 2 N–H and O–H groups in total. The van der Waals surface area contributed by atoms with Crippen LogP contribution < -0.4 is 15.2 Å². The normalized spacial score (nSPS) is 23.5. The lowest BCUT2D eigenvalue weighted by atomic mass is 10.3. The zero-order valence-electron chi connectivity index (χ0n) is 9.70. The molecule has 0 radical (unpaired) electrons. The Morgan fingerprint density at radius 1 is 1.28 bits per heavy atom. The average molecular weight is 270 g/mol. The van der Waals surface area contributed by atoms with E-state index >= 15 is 0 Å². The van der Waals surface area contributed by atoms with Gasteiger partial charge in [0.05, 0.1) is 4.90 Å². The van der Waals surface area contributed by atoms with Crippen molar-refractivity contribution in [3.8, 4) is 11.5 Å². The van der Waals surface area contributed by atoms with Gasteiger partial charge in [-0.2, -0.15) is 4.31 Å². The predicted octanol–water partition coefficient (Wildman–Crippen LogP) is 0.137. The smallest absolute Gasteiger partial charge is 0.243 e. The van der Waals surface area contributed by atoms with Crippen molar-refractivity contribution < 1.29 is 17.9 Å². The first-order chi connectivity index (χ1) is 8.57. The Balaban J connectivity index is 1.94. The first-order valence-corrected chi connectivity index (χ1v) is 7.17. The summed E-state index contributed by atoms with van der Waals surface area (Å²) in [5, 5.41) is 0. The minimum atomic E-state index is -3.48. The van der Waals surface area contributed by atoms with Gasteiger partial charge in [-0.25, -0.2) is 8.42 Å². The Hall–Kier alpha value is -1.31. The fourth-order valence-corrected chi connectivity index (χ4v) is 3.69. The van der Waals surface area contributed by atoms with Crippen LogP contribution in [0.25, 0.3) is 0 Å². The molecule has 2 aliphatic rings. The Morgan fingerprint density at radius 2 is 2.06 bits per heavy atom. The molecule has 1 aromatic rings. The van der Waals surface area contributed by atoms with Crippen LogP contribution in [0.1, 0.15) is 6.42 Å². The largest absolute Gasteiger partial charge is 0.454 e. The first kappa shape index (κ1) is 11.8. The molecule has 0 saturated carbocycles. The number of fused-ring (bicyclic) bond motifs is 1. The van der Waals surface area contributed by atoms with Crippen molar-refractivity contribution in [2.75, 3.05) is 19.9 Å². The molecule has 3 rings (SSSR count). The van der Waals surface area contributed by atoms with Crippen molar-refractivity contribution in [1.29, 1.82) is 0 Å². The molecular weight excluding hydrogens is 256 g/mol. The summed E-state index contributed by atoms with van der Waals surface area (Å²) in [4.78, 5) is 0.223. The van der Waals surface area contributed by atoms with E-state index in [1.54, 1.807) is 6.07 Å². The third kappa shape index (κ3) is 1.84. The van der Waals surface area contributed by atoms with Gasteiger partial charge in [-0.1, -0.05) is 0 Å². The van der Waals surface area contributed by atoms with Crippen LogP contribution in [0.5, 0.6) is 11.5 Å². The van der Waals surface area contributed by atoms with Gasteiger partial charge in [0.15, 0.2) is 11.5 Å². The zero-order chi connectivity index (χ0) is 12.8. The minimum Gasteiger partial charge on any atom is -0.454 e. The molecular formula is C11H14N2O4S. The first-order valence-electron chi connectivity index (χ1n) is 5.73. The molecule has 2 heterocycles. The lowest BCUT2D eigenvalue weighted by Crippen LogP contribution is -2.31. The van der Waals surface area contributed by atoms with Gasteiger partial charge < -0.3 is 15.2 Å². The summed E-state index contributed by atoms with van der Waals surface area (Å²) in [7, 11) is -3.48. The average Bonchev–Trinajstić information content (AvgIpc) is 2.96. The van der Waals surface area contributed by atoms with E-state index in [9.17, 15) is 8.42 Å². The minimum absolute atomic E-state index is 0.0752. The fraction of sp³-hybridized carbons (Fsp3) is 0.455. The second-order valence-corrected chi connectivity index (χ2v) is 6.36. The molecule has 2 aliphatic heterocycles. The van der Waals surface area contributed by atoms with E-state index in [0.717, 1.165) is 0 Å². The highest BCUT2D eigenvalue weighted by Crippen LogP contribution is 2.35. The molecule has 98 valence electrons. The van der Waals surface area contributed by atoms with Gasteiger partial charge >= 0.3 is 0 Å². The van der Waals surface area contributed by atoms with Crippen LogP contribution in [0.3, 0.4) is 0 Å². The van der Waals surface area contributed by atoms with E-state index in [1.807, 2.05) is 0 Å². The highest BCUT2D eigenvalue weighted by Gasteiger charge is 2.31. The van der Waals surface area contributed by atoms with Crippen molar-refractivity contribution in [3.05, 3.63) is 18.2 Å². The van der Waals surface area contributed by atoms with Crippen molar-refractivity contribution in [1.82, 2.24) is 4.31 Å². The van der Waals surface area contributed by atoms with Gasteiger partial charge in [0, 0.05) is 25.2 Å². The van der Waals surface area contributed by atoms with Crippen LogP contribution in [0.2, 0.25) is 0 Å². The summed E-state index contributed by atoms with van der Waals surface area (Å²) in [5.74, 6) is 1.05. The molecule has 1 aromatic carbocycles. The third-order valence-electron chi connectivity index (χ3n) is 3.17. The summed E-state index contributed by atoms with van der Waals surface area (Å²) >= 11 is 0. The Labute approximate surface area is 105 Å². The molecule has 7 heteroatoms. The molecule has 18 heavy (non-hydrogen) atoms. The van der Waals surface area contributed by atoms with Crippen LogP contribution >= 0.6 is 0 Å². The highest BCUT2D eigenvalue weighted by molar-refractivity contribution is 7.89. The lowest BCUT2D eigenvalue weighted by Gasteiger charge is -2.16. The Kier molecular flexibility index (Phi) is 2.69. The molecule has 0 unspecified atom stereocenters. The number of nitrogens with two attached hydrogens (primary N) is 1. The van der Waals surface area contributed by atoms with Crippen molar-refractivity contribution in [3.63, 3.8) is 0 Å². The number of rotatable bonds is 2. The second kappa shape index (κ2) is 4.11. The van der Waals surface area contributed by atoms with Gasteiger partial charge in [-0.05, 0) is 18.6 Å². The molecule has 6 nitrogen and oxygen atoms in total. The molecule has 0 aliphatic carbocycles. The molecule has 0 spiro atoms. The maximum Gasteiger partial charge on any atom is 0.243 e. The van der Waals surface area contributed by atoms with Crippen LogP contribution in [0, 0.1) is 0 Å². The summed E-state index contributed by atoms with van der Waals surface area (Å²) in [6, 6.07) is 4.58. The van der Waals surface area contributed by atoms with Gasteiger partial charge in [-0.15, -0.1) is 0 Å². The van der Waals surface area contributed by atoms with Crippen LogP contribution in [-0.2, 0) is 10.0 Å². The monoisotopic (exact) mass is 270 g/mol. The summed E-state index contributed by atoms with van der Waals surface area (Å²) in [6.45, 7) is 0.974.